The number of aromatic nitrogens is 3. The predicted molar refractivity (Wildman–Crippen MR) is 124 cm³/mol. The smallest absolute Gasteiger partial charge is 0.253 e. The molecule has 0 bridgehead atoms. The molecule has 1 aliphatic heterocycles. The average molecular weight is 456 g/mol. The Kier molecular flexibility index (Phi) is 6.90. The summed E-state index contributed by atoms with van der Waals surface area (Å²) >= 11 is 0. The Morgan fingerprint density at radius 1 is 1.30 bits per heavy atom. The van der Waals surface area contributed by atoms with E-state index in [1.54, 1.807) is 17.8 Å². The highest BCUT2D eigenvalue weighted by atomic mass is 19.1. The molecular weight excluding hydrogens is 425 g/mol. The van der Waals surface area contributed by atoms with Crippen LogP contribution < -0.4 is 10.9 Å². The first-order chi connectivity index (χ1) is 15.8. The lowest BCUT2D eigenvalue weighted by Crippen LogP contribution is -2.44. The summed E-state index contributed by atoms with van der Waals surface area (Å²) in [5.41, 5.74) is 3.62. The summed E-state index contributed by atoms with van der Waals surface area (Å²) in [7, 11) is 1.79. The zero-order chi connectivity index (χ0) is 23.5. The molecule has 1 aliphatic rings. The number of ether oxygens (including phenoxy) is 1. The number of amides is 1. The number of pyridine rings is 1. The molecule has 1 amide bonds. The number of fused-ring (bicyclic) bond motifs is 1. The van der Waals surface area contributed by atoms with Crippen LogP contribution in [0.4, 0.5) is 4.39 Å². The fraction of sp³-hybridized carbons (Fsp3) is 0.458. The number of morpholine rings is 1. The number of aryl methyl sites for hydroxylation is 3. The zero-order valence-corrected chi connectivity index (χ0v) is 19.3. The number of hydrogen-bond donors (Lipinski definition) is 2. The van der Waals surface area contributed by atoms with E-state index in [1.165, 1.54) is 12.1 Å². The van der Waals surface area contributed by atoms with E-state index in [2.05, 4.69) is 20.3 Å². The molecule has 0 radical (unpaired) electrons. The van der Waals surface area contributed by atoms with Crippen LogP contribution in [0.15, 0.2) is 29.1 Å². The van der Waals surface area contributed by atoms with Gasteiger partial charge in [-0.25, -0.2) is 4.39 Å². The second kappa shape index (κ2) is 9.84. The van der Waals surface area contributed by atoms with Gasteiger partial charge in [-0.3, -0.25) is 19.2 Å². The Morgan fingerprint density at radius 3 is 2.79 bits per heavy atom. The number of aromatic amines is 1. The average Bonchev–Trinajstić information content (AvgIpc) is 3.07. The standard InChI is InChI=1S/C24H30FN5O3/c1-15-19(24(32)27-23-22(15)16(2)28-29(23)3)7-8-21(31)26-14-20(30-9-11-33-12-10-30)17-5-4-6-18(25)13-17/h4-6,13,20H,7-12,14H2,1-3H3,(H,26,31)(H,27,32). The van der Waals surface area contributed by atoms with E-state index in [0.29, 0.717) is 37.4 Å². The molecule has 9 heteroatoms. The lowest BCUT2D eigenvalue weighted by Gasteiger charge is -2.35. The van der Waals surface area contributed by atoms with Gasteiger partial charge in [-0.2, -0.15) is 5.10 Å². The Bertz CT molecular complexity index is 1210. The molecule has 176 valence electrons. The number of halogens is 1. The first kappa shape index (κ1) is 23.1. The highest BCUT2D eigenvalue weighted by molar-refractivity contribution is 5.83. The highest BCUT2D eigenvalue weighted by Crippen LogP contribution is 2.23. The second-order valence-corrected chi connectivity index (χ2v) is 8.51. The summed E-state index contributed by atoms with van der Waals surface area (Å²) in [6.07, 6.45) is 0.521. The largest absolute Gasteiger partial charge is 0.379 e. The molecule has 1 fully saturated rings. The molecule has 0 saturated carbocycles. The second-order valence-electron chi connectivity index (χ2n) is 8.51. The van der Waals surface area contributed by atoms with E-state index in [0.717, 1.165) is 35.3 Å². The monoisotopic (exact) mass is 455 g/mol. The first-order valence-corrected chi connectivity index (χ1v) is 11.2. The van der Waals surface area contributed by atoms with Crippen molar-refractivity contribution in [3.8, 4) is 0 Å². The fourth-order valence-electron chi connectivity index (χ4n) is 4.65. The molecule has 1 saturated heterocycles. The number of hydrogen-bond acceptors (Lipinski definition) is 5. The van der Waals surface area contributed by atoms with Crippen molar-refractivity contribution in [2.45, 2.75) is 32.7 Å². The van der Waals surface area contributed by atoms with Crippen LogP contribution in [0.2, 0.25) is 0 Å². The lowest BCUT2D eigenvalue weighted by atomic mass is 10.0. The van der Waals surface area contributed by atoms with E-state index < -0.39 is 0 Å². The number of rotatable bonds is 7. The van der Waals surface area contributed by atoms with Crippen molar-refractivity contribution in [1.29, 1.82) is 0 Å². The normalized spacial score (nSPS) is 15.6. The zero-order valence-electron chi connectivity index (χ0n) is 19.3. The third kappa shape index (κ3) is 4.99. The SMILES string of the molecule is Cc1nn(C)c2[nH]c(=O)c(CCC(=O)NCC(c3cccc(F)c3)N3CCOCC3)c(C)c12. The quantitative estimate of drug-likeness (QED) is 0.570. The molecule has 1 atom stereocenters. The third-order valence-corrected chi connectivity index (χ3v) is 6.37. The van der Waals surface area contributed by atoms with Gasteiger partial charge in [-0.05, 0) is 43.5 Å². The molecule has 2 N–H and O–H groups in total. The van der Waals surface area contributed by atoms with Crippen molar-refractivity contribution in [2.75, 3.05) is 32.8 Å². The van der Waals surface area contributed by atoms with Crippen molar-refractivity contribution < 1.29 is 13.9 Å². The minimum atomic E-state index is -0.298. The summed E-state index contributed by atoms with van der Waals surface area (Å²) in [4.78, 5) is 30.4. The van der Waals surface area contributed by atoms with Gasteiger partial charge in [0.2, 0.25) is 5.91 Å². The first-order valence-electron chi connectivity index (χ1n) is 11.2. The number of nitrogens with one attached hydrogen (secondary N) is 2. The molecule has 1 unspecified atom stereocenters. The third-order valence-electron chi connectivity index (χ3n) is 6.37. The number of carbonyl (C=O) groups is 1. The molecule has 2 aromatic heterocycles. The molecule has 0 aliphatic carbocycles. The summed E-state index contributed by atoms with van der Waals surface area (Å²) in [6, 6.07) is 6.35. The van der Waals surface area contributed by atoms with Crippen LogP contribution in [0, 0.1) is 19.7 Å². The van der Waals surface area contributed by atoms with Gasteiger partial charge in [0.25, 0.3) is 5.56 Å². The highest BCUT2D eigenvalue weighted by Gasteiger charge is 2.24. The van der Waals surface area contributed by atoms with Crippen LogP contribution in [0.5, 0.6) is 0 Å². The van der Waals surface area contributed by atoms with Crippen molar-refractivity contribution in [3.63, 3.8) is 0 Å². The number of carbonyl (C=O) groups excluding carboxylic acids is 1. The Morgan fingerprint density at radius 2 is 2.06 bits per heavy atom. The molecule has 3 heterocycles. The maximum absolute atomic E-state index is 13.8. The van der Waals surface area contributed by atoms with Gasteiger partial charge >= 0.3 is 0 Å². The minimum absolute atomic E-state index is 0.145. The van der Waals surface area contributed by atoms with Gasteiger partial charge in [-0.15, -0.1) is 0 Å². The van der Waals surface area contributed by atoms with Crippen LogP contribution in [-0.4, -0.2) is 58.4 Å². The van der Waals surface area contributed by atoms with Crippen molar-refractivity contribution >= 4 is 16.9 Å². The number of H-pyrrole nitrogens is 1. The van der Waals surface area contributed by atoms with E-state index in [1.807, 2.05) is 19.9 Å². The molecule has 8 nitrogen and oxygen atoms in total. The van der Waals surface area contributed by atoms with Crippen LogP contribution in [0.1, 0.15) is 34.8 Å². The minimum Gasteiger partial charge on any atom is -0.379 e. The van der Waals surface area contributed by atoms with Gasteiger partial charge in [0.1, 0.15) is 11.5 Å². The number of nitrogens with zero attached hydrogens (tertiary/aromatic N) is 3. The maximum atomic E-state index is 13.8. The van der Waals surface area contributed by atoms with Crippen LogP contribution in [0.3, 0.4) is 0 Å². The van der Waals surface area contributed by atoms with Gasteiger partial charge < -0.3 is 15.0 Å². The van der Waals surface area contributed by atoms with Crippen LogP contribution >= 0.6 is 0 Å². The van der Waals surface area contributed by atoms with Gasteiger partial charge in [-0.1, -0.05) is 12.1 Å². The molecule has 33 heavy (non-hydrogen) atoms. The summed E-state index contributed by atoms with van der Waals surface area (Å²) in [6.45, 7) is 6.82. The van der Waals surface area contributed by atoms with Gasteiger partial charge in [0.05, 0.1) is 24.9 Å². The summed E-state index contributed by atoms with van der Waals surface area (Å²) < 4.78 is 21.0. The van der Waals surface area contributed by atoms with E-state index >= 15 is 0 Å². The predicted octanol–water partition coefficient (Wildman–Crippen LogP) is 2.14. The molecule has 1 aromatic carbocycles. The van der Waals surface area contributed by atoms with Gasteiger partial charge in [0.15, 0.2) is 0 Å². The number of benzene rings is 1. The van der Waals surface area contributed by atoms with E-state index in [4.69, 9.17) is 4.74 Å². The maximum Gasteiger partial charge on any atom is 0.253 e. The van der Waals surface area contributed by atoms with Crippen molar-refractivity contribution in [3.05, 3.63) is 62.8 Å². The van der Waals surface area contributed by atoms with Crippen molar-refractivity contribution in [2.24, 2.45) is 7.05 Å². The Balaban J connectivity index is 1.44. The fourth-order valence-corrected chi connectivity index (χ4v) is 4.65. The molecule has 4 rings (SSSR count). The summed E-state index contributed by atoms with van der Waals surface area (Å²) in [5.74, 6) is -0.445. The van der Waals surface area contributed by atoms with E-state index in [9.17, 15) is 14.0 Å². The lowest BCUT2D eigenvalue weighted by molar-refractivity contribution is -0.121. The Labute approximate surface area is 191 Å². The molecular formula is C24H30FN5O3. The van der Waals surface area contributed by atoms with E-state index in [-0.39, 0.29) is 29.7 Å². The van der Waals surface area contributed by atoms with Crippen molar-refractivity contribution in [1.82, 2.24) is 25.0 Å². The van der Waals surface area contributed by atoms with Gasteiger partial charge in [0, 0.05) is 44.1 Å². The topological polar surface area (TPSA) is 92.2 Å². The Hall–Kier alpha value is -3.04. The van der Waals surface area contributed by atoms with Crippen LogP contribution in [-0.2, 0) is 23.0 Å². The summed E-state index contributed by atoms with van der Waals surface area (Å²) in [5, 5.41) is 8.29. The molecule has 3 aromatic rings. The molecule has 0 spiro atoms. The van der Waals surface area contributed by atoms with Crippen LogP contribution in [0.25, 0.3) is 11.0 Å².